The number of carbonyl (C=O) groups is 2. The molecule has 7 heteroatoms. The van der Waals surface area contributed by atoms with Crippen molar-refractivity contribution in [2.24, 2.45) is 0 Å². The number of hydrogen-bond donors (Lipinski definition) is 3. The summed E-state index contributed by atoms with van der Waals surface area (Å²) in [5, 5.41) is 6.57. The summed E-state index contributed by atoms with van der Waals surface area (Å²) in [4.78, 5) is 25.6. The molecule has 0 bridgehead atoms. The summed E-state index contributed by atoms with van der Waals surface area (Å²) >= 11 is 12.0. The van der Waals surface area contributed by atoms with E-state index in [1.54, 1.807) is 32.2 Å². The van der Waals surface area contributed by atoms with Crippen LogP contribution in [0.1, 0.15) is 18.1 Å². The molecule has 1 unspecified atom stereocenters. The van der Waals surface area contributed by atoms with Crippen molar-refractivity contribution in [1.82, 2.24) is 0 Å². The monoisotopic (exact) mass is 408 g/mol. The van der Waals surface area contributed by atoms with Crippen molar-refractivity contribution in [2.45, 2.75) is 26.8 Å². The molecule has 3 N–H and O–H groups in total. The Bertz CT molecular complexity index is 855. The fourth-order valence-corrected chi connectivity index (χ4v) is 2.87. The van der Waals surface area contributed by atoms with Crippen molar-refractivity contribution in [3.05, 3.63) is 57.6 Å². The zero-order valence-corrected chi connectivity index (χ0v) is 17.3. The quantitative estimate of drug-likeness (QED) is 0.687. The number of aryl methyl sites for hydroxylation is 2. The molecule has 2 aromatic rings. The van der Waals surface area contributed by atoms with Crippen LogP contribution in [0.5, 0.6) is 0 Å². The number of halogens is 2. The van der Waals surface area contributed by atoms with Gasteiger partial charge in [0.05, 0.1) is 17.8 Å². The molecule has 0 saturated carbocycles. The van der Waals surface area contributed by atoms with Gasteiger partial charge in [0.15, 0.2) is 12.6 Å². The lowest BCUT2D eigenvalue weighted by molar-refractivity contribution is -0.885. The second kappa shape index (κ2) is 9.22. The van der Waals surface area contributed by atoms with Crippen LogP contribution in [0.3, 0.4) is 0 Å². The maximum atomic E-state index is 12.5. The van der Waals surface area contributed by atoms with Crippen LogP contribution in [0, 0.1) is 13.8 Å². The van der Waals surface area contributed by atoms with E-state index in [2.05, 4.69) is 10.6 Å². The fraction of sp³-hybridized carbons (Fsp3) is 0.300. The lowest BCUT2D eigenvalue weighted by Gasteiger charge is -2.21. The molecule has 0 aliphatic carbocycles. The summed E-state index contributed by atoms with van der Waals surface area (Å²) < 4.78 is 0. The third kappa shape index (κ3) is 5.96. The molecule has 0 aromatic heterocycles. The summed E-state index contributed by atoms with van der Waals surface area (Å²) in [6.45, 7) is 5.83. The van der Waals surface area contributed by atoms with Gasteiger partial charge < -0.3 is 15.5 Å². The standard InChI is InChI=1S/C20H23Cl2N3O2/c1-12-5-6-13(2)17(9-12)23-19(26)11-25(4)14(3)20(27)24-18-10-15(21)7-8-16(18)22/h5-10,14H,11H2,1-4H3,(H,23,26)(H,24,27)/p+1/t14-/m0/s1. The second-order valence-corrected chi connectivity index (χ2v) is 7.57. The Morgan fingerprint density at radius 2 is 1.74 bits per heavy atom. The predicted octanol–water partition coefficient (Wildman–Crippen LogP) is 3.09. The summed E-state index contributed by atoms with van der Waals surface area (Å²) in [6.07, 6.45) is 0. The minimum absolute atomic E-state index is 0.151. The predicted molar refractivity (Wildman–Crippen MR) is 111 cm³/mol. The average molecular weight is 409 g/mol. The van der Waals surface area contributed by atoms with Crippen LogP contribution in [0.25, 0.3) is 0 Å². The molecule has 2 atom stereocenters. The van der Waals surface area contributed by atoms with Gasteiger partial charge >= 0.3 is 0 Å². The van der Waals surface area contributed by atoms with Crippen LogP contribution in [-0.2, 0) is 9.59 Å². The third-order valence-electron chi connectivity index (χ3n) is 4.43. The highest BCUT2D eigenvalue weighted by Crippen LogP contribution is 2.25. The Kier molecular flexibility index (Phi) is 7.25. The van der Waals surface area contributed by atoms with Gasteiger partial charge in [0.2, 0.25) is 0 Å². The zero-order valence-electron chi connectivity index (χ0n) is 15.8. The second-order valence-electron chi connectivity index (χ2n) is 6.72. The average Bonchev–Trinajstić information content (AvgIpc) is 2.60. The molecule has 144 valence electrons. The van der Waals surface area contributed by atoms with E-state index in [4.69, 9.17) is 23.2 Å². The molecule has 0 fully saturated rings. The number of carbonyl (C=O) groups excluding carboxylic acids is 2. The number of nitrogens with one attached hydrogen (secondary N) is 3. The topological polar surface area (TPSA) is 62.6 Å². The number of likely N-dealkylation sites (N-methyl/N-ethyl adjacent to an activating group) is 1. The van der Waals surface area contributed by atoms with Crippen LogP contribution in [0.4, 0.5) is 11.4 Å². The highest BCUT2D eigenvalue weighted by molar-refractivity contribution is 6.35. The van der Waals surface area contributed by atoms with E-state index in [1.165, 1.54) is 0 Å². The normalized spacial score (nSPS) is 13.0. The van der Waals surface area contributed by atoms with Crippen LogP contribution >= 0.6 is 23.2 Å². The highest BCUT2D eigenvalue weighted by atomic mass is 35.5. The molecule has 0 aliphatic rings. The summed E-state index contributed by atoms with van der Waals surface area (Å²) in [5.74, 6) is -0.391. The third-order valence-corrected chi connectivity index (χ3v) is 4.99. The van der Waals surface area contributed by atoms with Crippen molar-refractivity contribution in [1.29, 1.82) is 0 Å². The van der Waals surface area contributed by atoms with Gasteiger partial charge in [-0.2, -0.15) is 0 Å². The summed E-state index contributed by atoms with van der Waals surface area (Å²) in [5.41, 5.74) is 3.31. The number of quaternary nitrogens is 1. The molecular weight excluding hydrogens is 385 g/mol. The van der Waals surface area contributed by atoms with Gasteiger partial charge in [0, 0.05) is 10.7 Å². The van der Waals surface area contributed by atoms with E-state index in [0.717, 1.165) is 21.7 Å². The van der Waals surface area contributed by atoms with Gasteiger partial charge in [-0.25, -0.2) is 0 Å². The van der Waals surface area contributed by atoms with Gasteiger partial charge in [-0.05, 0) is 56.2 Å². The lowest BCUT2D eigenvalue weighted by Crippen LogP contribution is -3.14. The van der Waals surface area contributed by atoms with E-state index in [-0.39, 0.29) is 18.4 Å². The molecule has 2 aromatic carbocycles. The Balaban J connectivity index is 1.96. The molecule has 0 aliphatic heterocycles. The first kappa shape index (κ1) is 21.2. The minimum atomic E-state index is -0.454. The van der Waals surface area contributed by atoms with E-state index in [0.29, 0.717) is 15.7 Å². The van der Waals surface area contributed by atoms with E-state index >= 15 is 0 Å². The first-order valence-corrected chi connectivity index (χ1v) is 9.38. The molecule has 2 amide bonds. The molecule has 0 saturated heterocycles. The summed E-state index contributed by atoms with van der Waals surface area (Å²) in [7, 11) is 1.80. The van der Waals surface area contributed by atoms with Crippen LogP contribution in [0.15, 0.2) is 36.4 Å². The maximum Gasteiger partial charge on any atom is 0.282 e. The van der Waals surface area contributed by atoms with E-state index in [1.807, 2.05) is 32.0 Å². The largest absolute Gasteiger partial charge is 0.321 e. The number of anilines is 2. The lowest BCUT2D eigenvalue weighted by atomic mass is 10.1. The van der Waals surface area contributed by atoms with Crippen LogP contribution in [0.2, 0.25) is 10.0 Å². The first-order valence-electron chi connectivity index (χ1n) is 8.62. The zero-order chi connectivity index (χ0) is 20.1. The van der Waals surface area contributed by atoms with Crippen molar-refractivity contribution in [3.8, 4) is 0 Å². The van der Waals surface area contributed by atoms with Gasteiger partial charge in [-0.3, -0.25) is 9.59 Å². The molecular formula is C20H24Cl2N3O2+. The molecule has 5 nitrogen and oxygen atoms in total. The number of benzene rings is 2. The minimum Gasteiger partial charge on any atom is -0.321 e. The molecule has 2 rings (SSSR count). The molecule has 0 radical (unpaired) electrons. The van der Waals surface area contributed by atoms with Crippen molar-refractivity contribution in [2.75, 3.05) is 24.2 Å². The Morgan fingerprint density at radius 1 is 1.04 bits per heavy atom. The number of hydrogen-bond acceptors (Lipinski definition) is 2. The Labute approximate surface area is 169 Å². The first-order chi connectivity index (χ1) is 12.7. The number of rotatable bonds is 6. The van der Waals surface area contributed by atoms with E-state index in [9.17, 15) is 9.59 Å². The van der Waals surface area contributed by atoms with Crippen molar-refractivity contribution in [3.63, 3.8) is 0 Å². The number of amides is 2. The fourth-order valence-electron chi connectivity index (χ4n) is 2.53. The van der Waals surface area contributed by atoms with Crippen molar-refractivity contribution >= 4 is 46.4 Å². The Hall–Kier alpha value is -2.08. The maximum absolute atomic E-state index is 12.5. The molecule has 0 heterocycles. The SMILES string of the molecule is Cc1ccc(C)c(NC(=O)C[NH+](C)[C@@H](C)C(=O)Nc2cc(Cl)ccc2Cl)c1. The van der Waals surface area contributed by atoms with E-state index < -0.39 is 6.04 Å². The van der Waals surface area contributed by atoms with Crippen molar-refractivity contribution < 1.29 is 14.5 Å². The smallest absolute Gasteiger partial charge is 0.282 e. The van der Waals surface area contributed by atoms with Gasteiger partial charge in [-0.1, -0.05) is 35.3 Å². The molecule has 0 spiro atoms. The summed E-state index contributed by atoms with van der Waals surface area (Å²) in [6, 6.07) is 10.3. The van der Waals surface area contributed by atoms with Crippen LogP contribution in [-0.4, -0.2) is 31.4 Å². The van der Waals surface area contributed by atoms with Gasteiger partial charge in [-0.15, -0.1) is 0 Å². The van der Waals surface area contributed by atoms with Gasteiger partial charge in [0.1, 0.15) is 0 Å². The van der Waals surface area contributed by atoms with Gasteiger partial charge in [0.25, 0.3) is 11.8 Å². The highest BCUT2D eigenvalue weighted by Gasteiger charge is 2.24. The van der Waals surface area contributed by atoms with Crippen LogP contribution < -0.4 is 15.5 Å². The molecule has 27 heavy (non-hydrogen) atoms. The Morgan fingerprint density at radius 3 is 2.44 bits per heavy atom.